The first-order chi connectivity index (χ1) is 15.2. The van der Waals surface area contributed by atoms with Gasteiger partial charge in [-0.1, -0.05) is 54.6 Å². The number of hydrogen-bond donors (Lipinski definition) is 1. The molecular formula is C25H26N4O2. The molecule has 6 nitrogen and oxygen atoms in total. The van der Waals surface area contributed by atoms with Gasteiger partial charge in [-0.2, -0.15) is 0 Å². The Labute approximate surface area is 182 Å². The second-order valence-corrected chi connectivity index (χ2v) is 7.58. The molecule has 0 bridgehead atoms. The molecule has 1 saturated heterocycles. The van der Waals surface area contributed by atoms with Crippen molar-refractivity contribution in [1.29, 1.82) is 0 Å². The summed E-state index contributed by atoms with van der Waals surface area (Å²) in [6, 6.07) is 24.0. The number of anilines is 1. The topological polar surface area (TPSA) is 65.5 Å². The van der Waals surface area contributed by atoms with Gasteiger partial charge in [0.25, 0.3) is 5.91 Å². The van der Waals surface area contributed by atoms with Crippen molar-refractivity contribution < 1.29 is 9.59 Å². The monoisotopic (exact) mass is 414 g/mol. The molecule has 0 aliphatic carbocycles. The standard InChI is InChI=1S/C25H26N4O2/c30-24(21-11-5-2-6-12-21)27-22(19-20-9-3-1-4-10-20)25(31)29-17-15-28(16-18-29)23-13-7-8-14-26-23/h1-14,22H,15-19H2,(H,27,30)/t22-/m0/s1. The first-order valence-electron chi connectivity index (χ1n) is 10.6. The summed E-state index contributed by atoms with van der Waals surface area (Å²) >= 11 is 0. The molecule has 6 heteroatoms. The molecule has 0 radical (unpaired) electrons. The lowest BCUT2D eigenvalue weighted by Crippen LogP contribution is -2.55. The zero-order chi connectivity index (χ0) is 21.5. The SMILES string of the molecule is O=C(N[C@@H](Cc1ccccc1)C(=O)N1CCN(c2ccccn2)CC1)c1ccccc1. The van der Waals surface area contributed by atoms with Crippen molar-refractivity contribution in [2.45, 2.75) is 12.5 Å². The molecule has 2 amide bonds. The molecule has 2 heterocycles. The van der Waals surface area contributed by atoms with Crippen LogP contribution < -0.4 is 10.2 Å². The Bertz CT molecular complexity index is 988. The highest BCUT2D eigenvalue weighted by Gasteiger charge is 2.29. The van der Waals surface area contributed by atoms with Crippen molar-refractivity contribution in [3.63, 3.8) is 0 Å². The van der Waals surface area contributed by atoms with E-state index in [0.29, 0.717) is 38.2 Å². The molecule has 2 aromatic carbocycles. The van der Waals surface area contributed by atoms with E-state index in [1.54, 1.807) is 18.3 Å². The van der Waals surface area contributed by atoms with Crippen LogP contribution in [0.5, 0.6) is 0 Å². The molecule has 31 heavy (non-hydrogen) atoms. The number of benzene rings is 2. The Balaban J connectivity index is 1.45. The Morgan fingerprint density at radius 2 is 1.48 bits per heavy atom. The van der Waals surface area contributed by atoms with Gasteiger partial charge in [-0.3, -0.25) is 9.59 Å². The van der Waals surface area contributed by atoms with Crippen molar-refractivity contribution in [3.05, 3.63) is 96.2 Å². The summed E-state index contributed by atoms with van der Waals surface area (Å²) in [6.07, 6.45) is 2.24. The number of hydrogen-bond acceptors (Lipinski definition) is 4. The maximum atomic E-state index is 13.4. The minimum absolute atomic E-state index is 0.0474. The molecule has 1 fully saturated rings. The third-order valence-corrected chi connectivity index (χ3v) is 5.49. The lowest BCUT2D eigenvalue weighted by molar-refractivity contribution is -0.133. The number of pyridine rings is 1. The summed E-state index contributed by atoms with van der Waals surface area (Å²) < 4.78 is 0. The second kappa shape index (κ2) is 9.89. The van der Waals surface area contributed by atoms with E-state index in [1.165, 1.54) is 0 Å². The normalized spacial score (nSPS) is 14.7. The van der Waals surface area contributed by atoms with Gasteiger partial charge < -0.3 is 15.1 Å². The molecule has 1 aliphatic heterocycles. The Kier molecular flexibility index (Phi) is 6.57. The van der Waals surface area contributed by atoms with Crippen LogP contribution in [0.3, 0.4) is 0 Å². The number of rotatable bonds is 6. The van der Waals surface area contributed by atoms with Crippen LogP contribution in [0.15, 0.2) is 85.1 Å². The molecule has 1 aliphatic rings. The number of piperazine rings is 1. The molecule has 0 unspecified atom stereocenters. The van der Waals surface area contributed by atoms with Gasteiger partial charge in [-0.25, -0.2) is 4.98 Å². The van der Waals surface area contributed by atoms with Crippen LogP contribution in [0.1, 0.15) is 15.9 Å². The fourth-order valence-corrected chi connectivity index (χ4v) is 3.80. The Hall–Kier alpha value is -3.67. The fraction of sp³-hybridized carbons (Fsp3) is 0.240. The lowest BCUT2D eigenvalue weighted by atomic mass is 10.0. The zero-order valence-electron chi connectivity index (χ0n) is 17.4. The average molecular weight is 415 g/mol. The highest BCUT2D eigenvalue weighted by molar-refractivity contribution is 5.97. The van der Waals surface area contributed by atoms with E-state index in [2.05, 4.69) is 15.2 Å². The lowest BCUT2D eigenvalue weighted by Gasteiger charge is -2.37. The van der Waals surface area contributed by atoms with E-state index in [9.17, 15) is 9.59 Å². The molecule has 0 spiro atoms. The number of nitrogens with one attached hydrogen (secondary N) is 1. The van der Waals surface area contributed by atoms with Crippen LogP contribution in [-0.2, 0) is 11.2 Å². The number of amides is 2. The largest absolute Gasteiger partial charge is 0.353 e. The third kappa shape index (κ3) is 5.28. The number of carbonyl (C=O) groups excluding carboxylic acids is 2. The van der Waals surface area contributed by atoms with Crippen molar-refractivity contribution in [2.24, 2.45) is 0 Å². The summed E-state index contributed by atoms with van der Waals surface area (Å²) in [5.74, 6) is 0.642. The van der Waals surface area contributed by atoms with Crippen molar-refractivity contribution in [1.82, 2.24) is 15.2 Å². The predicted molar refractivity (Wildman–Crippen MR) is 121 cm³/mol. The highest BCUT2D eigenvalue weighted by Crippen LogP contribution is 2.14. The van der Waals surface area contributed by atoms with E-state index >= 15 is 0 Å². The van der Waals surface area contributed by atoms with Gasteiger partial charge in [0.2, 0.25) is 5.91 Å². The molecule has 1 N–H and O–H groups in total. The van der Waals surface area contributed by atoms with Crippen LogP contribution >= 0.6 is 0 Å². The predicted octanol–water partition coefficient (Wildman–Crippen LogP) is 2.77. The van der Waals surface area contributed by atoms with Gasteiger partial charge >= 0.3 is 0 Å². The number of carbonyl (C=O) groups is 2. The number of aromatic nitrogens is 1. The summed E-state index contributed by atoms with van der Waals surface area (Å²) in [4.78, 5) is 34.6. The van der Waals surface area contributed by atoms with Gasteiger partial charge in [-0.15, -0.1) is 0 Å². The maximum absolute atomic E-state index is 13.4. The van der Waals surface area contributed by atoms with E-state index in [0.717, 1.165) is 11.4 Å². The average Bonchev–Trinajstić information content (AvgIpc) is 2.85. The van der Waals surface area contributed by atoms with Crippen LogP contribution in [-0.4, -0.2) is 53.9 Å². The minimum atomic E-state index is -0.614. The third-order valence-electron chi connectivity index (χ3n) is 5.49. The molecule has 0 saturated carbocycles. The van der Waals surface area contributed by atoms with Crippen LogP contribution in [0.4, 0.5) is 5.82 Å². The highest BCUT2D eigenvalue weighted by atomic mass is 16.2. The van der Waals surface area contributed by atoms with Crippen LogP contribution in [0, 0.1) is 0 Å². The summed E-state index contributed by atoms with van der Waals surface area (Å²) in [5.41, 5.74) is 1.56. The van der Waals surface area contributed by atoms with E-state index in [1.807, 2.05) is 71.6 Å². The van der Waals surface area contributed by atoms with Gasteiger partial charge in [0.15, 0.2) is 0 Å². The van der Waals surface area contributed by atoms with Gasteiger partial charge in [-0.05, 0) is 29.8 Å². The van der Waals surface area contributed by atoms with E-state index < -0.39 is 6.04 Å². The molecular weight excluding hydrogens is 388 g/mol. The van der Waals surface area contributed by atoms with Crippen LogP contribution in [0.25, 0.3) is 0 Å². The van der Waals surface area contributed by atoms with Crippen molar-refractivity contribution in [3.8, 4) is 0 Å². The van der Waals surface area contributed by atoms with Gasteiger partial charge in [0.05, 0.1) is 0 Å². The second-order valence-electron chi connectivity index (χ2n) is 7.58. The molecule has 158 valence electrons. The quantitative estimate of drug-likeness (QED) is 0.674. The molecule has 1 atom stereocenters. The van der Waals surface area contributed by atoms with Crippen molar-refractivity contribution in [2.75, 3.05) is 31.1 Å². The summed E-state index contributed by atoms with van der Waals surface area (Å²) in [5, 5.41) is 2.97. The summed E-state index contributed by atoms with van der Waals surface area (Å²) in [7, 11) is 0. The van der Waals surface area contributed by atoms with E-state index in [4.69, 9.17) is 0 Å². The Morgan fingerprint density at radius 3 is 2.13 bits per heavy atom. The summed E-state index contributed by atoms with van der Waals surface area (Å²) in [6.45, 7) is 2.63. The molecule has 1 aromatic heterocycles. The Morgan fingerprint density at radius 1 is 0.839 bits per heavy atom. The zero-order valence-corrected chi connectivity index (χ0v) is 17.4. The first-order valence-corrected chi connectivity index (χ1v) is 10.6. The van der Waals surface area contributed by atoms with E-state index in [-0.39, 0.29) is 11.8 Å². The van der Waals surface area contributed by atoms with Gasteiger partial charge in [0.1, 0.15) is 11.9 Å². The smallest absolute Gasteiger partial charge is 0.251 e. The van der Waals surface area contributed by atoms with Gasteiger partial charge in [0, 0.05) is 44.4 Å². The first kappa shape index (κ1) is 20.6. The minimum Gasteiger partial charge on any atom is -0.353 e. The van der Waals surface area contributed by atoms with Crippen molar-refractivity contribution >= 4 is 17.6 Å². The molecule has 3 aromatic rings. The van der Waals surface area contributed by atoms with Crippen LogP contribution in [0.2, 0.25) is 0 Å². The molecule has 4 rings (SSSR count). The maximum Gasteiger partial charge on any atom is 0.251 e. The fourth-order valence-electron chi connectivity index (χ4n) is 3.80. The number of nitrogens with zero attached hydrogens (tertiary/aromatic N) is 3.